The van der Waals surface area contributed by atoms with Crippen molar-refractivity contribution in [2.24, 2.45) is 11.8 Å². The number of fused-ring (bicyclic) bond motifs is 1. The van der Waals surface area contributed by atoms with Crippen molar-refractivity contribution in [2.75, 3.05) is 31.6 Å². The van der Waals surface area contributed by atoms with Crippen LogP contribution in [-0.4, -0.2) is 55.4 Å². The summed E-state index contributed by atoms with van der Waals surface area (Å²) in [5.74, 6) is 1.61. The van der Waals surface area contributed by atoms with Crippen molar-refractivity contribution in [3.8, 4) is 0 Å². The Kier molecular flexibility index (Phi) is 7.12. The number of likely N-dealkylation sites (N-methyl/N-ethyl adjacent to an activating group) is 1. The van der Waals surface area contributed by atoms with E-state index in [9.17, 15) is 9.59 Å². The van der Waals surface area contributed by atoms with Gasteiger partial charge in [-0.2, -0.15) is 0 Å². The van der Waals surface area contributed by atoms with Gasteiger partial charge in [0.05, 0.1) is 12.5 Å². The molecule has 5 heteroatoms. The Morgan fingerprint density at radius 3 is 2.35 bits per heavy atom. The summed E-state index contributed by atoms with van der Waals surface area (Å²) in [6.45, 7) is 7.21. The number of anilines is 1. The first kappa shape index (κ1) is 22.5. The van der Waals surface area contributed by atoms with Crippen molar-refractivity contribution in [1.29, 1.82) is 0 Å². The molecule has 31 heavy (non-hydrogen) atoms. The van der Waals surface area contributed by atoms with E-state index >= 15 is 0 Å². The molecule has 2 fully saturated rings. The topological polar surface area (TPSA) is 52.7 Å². The highest BCUT2D eigenvalue weighted by Gasteiger charge is 2.42. The summed E-state index contributed by atoms with van der Waals surface area (Å²) in [4.78, 5) is 30.4. The number of carbonyl (C=O) groups excluding carboxylic acids is 2. The summed E-state index contributed by atoms with van der Waals surface area (Å²) < 4.78 is 0. The van der Waals surface area contributed by atoms with Gasteiger partial charge < -0.3 is 15.1 Å². The van der Waals surface area contributed by atoms with Gasteiger partial charge in [-0.25, -0.2) is 0 Å². The van der Waals surface area contributed by atoms with E-state index < -0.39 is 0 Å². The molecule has 3 aliphatic rings. The second-order valence-electron chi connectivity index (χ2n) is 10.2. The smallest absolute Gasteiger partial charge is 0.235 e. The predicted octanol–water partition coefficient (Wildman–Crippen LogP) is 3.97. The fourth-order valence-electron chi connectivity index (χ4n) is 6.13. The zero-order valence-electron chi connectivity index (χ0n) is 19.5. The monoisotopic (exact) mass is 425 g/mol. The second-order valence-corrected chi connectivity index (χ2v) is 10.2. The number of rotatable bonds is 7. The van der Waals surface area contributed by atoms with Crippen LogP contribution in [0.2, 0.25) is 0 Å². The standard InChI is InChI=1S/C26H39N3O2/c1-18(2)19-8-10-20(11-9-19)28-14-12-21(13-15-28)29-25-7-5-4-6-23(25)24(26(29)31)16-22(30)17-27-3/h4-7,18-21,24,27H,8-17H2,1-3H3. The highest BCUT2D eigenvalue weighted by atomic mass is 16.2. The Hall–Kier alpha value is -1.72. The molecule has 170 valence electrons. The molecule has 1 amide bonds. The molecular formula is C26H39N3O2. The van der Waals surface area contributed by atoms with Crippen molar-refractivity contribution >= 4 is 17.4 Å². The first-order valence-electron chi connectivity index (χ1n) is 12.3. The molecule has 2 aliphatic heterocycles. The van der Waals surface area contributed by atoms with Gasteiger partial charge >= 0.3 is 0 Å². The molecule has 2 heterocycles. The number of Topliss-reactive ketones (excluding diaryl/α,β-unsaturated/α-hetero) is 1. The summed E-state index contributed by atoms with van der Waals surface area (Å²) in [6.07, 6.45) is 7.74. The summed E-state index contributed by atoms with van der Waals surface area (Å²) in [7, 11) is 1.78. The third kappa shape index (κ3) is 4.73. The lowest BCUT2D eigenvalue weighted by molar-refractivity contribution is -0.124. The van der Waals surface area contributed by atoms with Crippen LogP contribution < -0.4 is 10.2 Å². The van der Waals surface area contributed by atoms with Gasteiger partial charge in [-0.15, -0.1) is 0 Å². The number of ketones is 1. The Balaban J connectivity index is 1.39. The molecule has 1 saturated heterocycles. The van der Waals surface area contributed by atoms with Gasteiger partial charge in [-0.3, -0.25) is 9.59 Å². The normalized spacial score (nSPS) is 27.7. The Morgan fingerprint density at radius 1 is 1.03 bits per heavy atom. The van der Waals surface area contributed by atoms with Gasteiger partial charge in [-0.1, -0.05) is 32.0 Å². The molecule has 1 aliphatic carbocycles. The zero-order valence-corrected chi connectivity index (χ0v) is 19.5. The highest BCUT2D eigenvalue weighted by molar-refractivity contribution is 6.07. The van der Waals surface area contributed by atoms with Crippen molar-refractivity contribution in [2.45, 2.75) is 76.8 Å². The van der Waals surface area contributed by atoms with Crippen LogP contribution in [0.4, 0.5) is 5.69 Å². The summed E-state index contributed by atoms with van der Waals surface area (Å²) in [5, 5.41) is 2.92. The largest absolute Gasteiger partial charge is 0.313 e. The molecule has 1 atom stereocenters. The van der Waals surface area contributed by atoms with E-state index in [4.69, 9.17) is 0 Å². The van der Waals surface area contributed by atoms with Crippen LogP contribution in [0.15, 0.2) is 24.3 Å². The summed E-state index contributed by atoms with van der Waals surface area (Å²) >= 11 is 0. The maximum atomic E-state index is 13.4. The molecule has 1 unspecified atom stereocenters. The fourth-order valence-corrected chi connectivity index (χ4v) is 6.13. The zero-order chi connectivity index (χ0) is 22.0. The van der Waals surface area contributed by atoms with Crippen molar-refractivity contribution in [3.05, 3.63) is 29.8 Å². The van der Waals surface area contributed by atoms with Crippen molar-refractivity contribution < 1.29 is 9.59 Å². The molecule has 0 radical (unpaired) electrons. The van der Waals surface area contributed by atoms with Gasteiger partial charge in [0.25, 0.3) is 0 Å². The summed E-state index contributed by atoms with van der Waals surface area (Å²) in [6, 6.07) is 9.08. The van der Waals surface area contributed by atoms with Crippen molar-refractivity contribution in [3.63, 3.8) is 0 Å². The van der Waals surface area contributed by atoms with Crippen LogP contribution in [-0.2, 0) is 9.59 Å². The Bertz CT molecular complexity index is 777. The van der Waals surface area contributed by atoms with Gasteiger partial charge in [0.15, 0.2) is 0 Å². The summed E-state index contributed by atoms with van der Waals surface area (Å²) in [5.41, 5.74) is 2.07. The quantitative estimate of drug-likeness (QED) is 0.718. The minimum absolute atomic E-state index is 0.101. The van der Waals surface area contributed by atoms with Gasteiger partial charge in [0.1, 0.15) is 5.78 Å². The predicted molar refractivity (Wildman–Crippen MR) is 125 cm³/mol. The number of nitrogens with zero attached hydrogens (tertiary/aromatic N) is 2. The molecule has 0 bridgehead atoms. The third-order valence-corrected chi connectivity index (χ3v) is 7.98. The molecule has 1 aromatic rings. The third-order valence-electron chi connectivity index (χ3n) is 7.98. The number of para-hydroxylation sites is 1. The number of likely N-dealkylation sites (tertiary alicyclic amines) is 1. The van der Waals surface area contributed by atoms with E-state index in [2.05, 4.69) is 30.1 Å². The second kappa shape index (κ2) is 9.83. The number of carbonyl (C=O) groups is 2. The fraction of sp³-hybridized carbons (Fsp3) is 0.692. The lowest BCUT2D eigenvalue weighted by Gasteiger charge is -2.43. The molecule has 0 spiro atoms. The van der Waals surface area contributed by atoms with Gasteiger partial charge in [0.2, 0.25) is 5.91 Å². The molecule has 0 aromatic heterocycles. The van der Waals surface area contributed by atoms with Crippen LogP contribution in [0.5, 0.6) is 0 Å². The van der Waals surface area contributed by atoms with E-state index in [0.29, 0.717) is 13.0 Å². The minimum atomic E-state index is -0.318. The molecule has 1 N–H and O–H groups in total. The number of benzene rings is 1. The average Bonchev–Trinajstić information content (AvgIpc) is 3.05. The molecule has 5 nitrogen and oxygen atoms in total. The highest BCUT2D eigenvalue weighted by Crippen LogP contribution is 2.42. The van der Waals surface area contributed by atoms with Crippen molar-refractivity contribution in [1.82, 2.24) is 10.2 Å². The maximum absolute atomic E-state index is 13.4. The van der Waals surface area contributed by atoms with Gasteiger partial charge in [0, 0.05) is 37.3 Å². The molecular weight excluding hydrogens is 386 g/mol. The van der Waals surface area contributed by atoms with Gasteiger partial charge in [-0.05, 0) is 69.0 Å². The average molecular weight is 426 g/mol. The number of hydrogen-bond acceptors (Lipinski definition) is 4. The van der Waals surface area contributed by atoms with Crippen LogP contribution >= 0.6 is 0 Å². The van der Waals surface area contributed by atoms with Crippen LogP contribution in [0.3, 0.4) is 0 Å². The SMILES string of the molecule is CNCC(=O)CC1C(=O)N(C2CCN(C3CCC(C(C)C)CC3)CC2)c2ccccc21. The van der Waals surface area contributed by atoms with E-state index in [0.717, 1.165) is 55.1 Å². The molecule has 1 aromatic carbocycles. The minimum Gasteiger partial charge on any atom is -0.313 e. The van der Waals surface area contributed by atoms with E-state index in [1.807, 2.05) is 23.1 Å². The number of nitrogens with one attached hydrogen (secondary N) is 1. The van der Waals surface area contributed by atoms with E-state index in [-0.39, 0.29) is 23.7 Å². The number of amides is 1. The first-order chi connectivity index (χ1) is 15.0. The van der Waals surface area contributed by atoms with E-state index in [1.54, 1.807) is 7.05 Å². The Morgan fingerprint density at radius 2 is 1.71 bits per heavy atom. The first-order valence-corrected chi connectivity index (χ1v) is 12.3. The van der Waals surface area contributed by atoms with Crippen LogP contribution in [0.25, 0.3) is 0 Å². The lowest BCUT2D eigenvalue weighted by Crippen LogP contribution is -2.50. The Labute approximate surface area is 187 Å². The number of hydrogen-bond donors (Lipinski definition) is 1. The lowest BCUT2D eigenvalue weighted by atomic mass is 9.79. The van der Waals surface area contributed by atoms with Crippen LogP contribution in [0.1, 0.15) is 70.3 Å². The van der Waals surface area contributed by atoms with Crippen LogP contribution in [0, 0.1) is 11.8 Å². The maximum Gasteiger partial charge on any atom is 0.235 e. The molecule has 1 saturated carbocycles. The number of piperidine rings is 1. The van der Waals surface area contributed by atoms with E-state index in [1.165, 1.54) is 25.7 Å². The molecule has 4 rings (SSSR count).